The first kappa shape index (κ1) is 19.9. The number of rotatable bonds is 3. The Morgan fingerprint density at radius 1 is 1.15 bits per heavy atom. The molecule has 2 aromatic rings. The minimum Gasteiger partial charge on any atom is -0.368 e. The Balaban J connectivity index is 0.00000126. The highest BCUT2D eigenvalue weighted by Gasteiger charge is 2.05. The van der Waals surface area contributed by atoms with Gasteiger partial charge in [0.2, 0.25) is 5.95 Å². The molecular weight excluding hydrogens is 336 g/mol. The maximum absolute atomic E-state index is 5.72. The van der Waals surface area contributed by atoms with E-state index in [0.717, 1.165) is 29.2 Å². The number of aromatic nitrogens is 3. The van der Waals surface area contributed by atoms with Crippen LogP contribution in [0.1, 0.15) is 19.5 Å². The van der Waals surface area contributed by atoms with Gasteiger partial charge in [-0.05, 0) is 42.9 Å². The van der Waals surface area contributed by atoms with E-state index in [2.05, 4.69) is 37.8 Å². The fraction of sp³-hybridized carbons (Fsp3) is 0.190. The fourth-order valence-electron chi connectivity index (χ4n) is 2.44. The number of aryl methyl sites for hydroxylation is 1. The maximum Gasteiger partial charge on any atom is 0.222 e. The van der Waals surface area contributed by atoms with Gasteiger partial charge in [-0.25, -0.2) is 4.98 Å². The number of hydrogen-bond acceptors (Lipinski definition) is 6. The molecule has 3 heterocycles. The van der Waals surface area contributed by atoms with Crippen LogP contribution in [-0.2, 0) is 0 Å². The van der Waals surface area contributed by atoms with Crippen molar-refractivity contribution in [1.29, 1.82) is 0 Å². The van der Waals surface area contributed by atoms with Crippen molar-refractivity contribution < 1.29 is 0 Å². The van der Waals surface area contributed by atoms with Crippen LogP contribution in [0.15, 0.2) is 78.9 Å². The molecule has 3 rings (SSSR count). The summed E-state index contributed by atoms with van der Waals surface area (Å²) in [5.41, 5.74) is 9.34. The highest BCUT2D eigenvalue weighted by Crippen LogP contribution is 2.17. The monoisotopic (exact) mass is 362 g/mol. The lowest BCUT2D eigenvalue weighted by Crippen LogP contribution is -2.15. The molecular formula is C21H26N6. The molecule has 0 saturated heterocycles. The van der Waals surface area contributed by atoms with Gasteiger partial charge in [0.05, 0.1) is 0 Å². The molecule has 2 aromatic heterocycles. The molecule has 1 aliphatic heterocycles. The summed E-state index contributed by atoms with van der Waals surface area (Å²) in [6.07, 6.45) is 13.6. The molecule has 0 bridgehead atoms. The summed E-state index contributed by atoms with van der Waals surface area (Å²) in [5, 5.41) is 3.26. The van der Waals surface area contributed by atoms with Crippen LogP contribution in [0.2, 0.25) is 0 Å². The molecule has 0 aromatic carbocycles. The summed E-state index contributed by atoms with van der Waals surface area (Å²) in [7, 11) is 0. The smallest absolute Gasteiger partial charge is 0.222 e. The predicted octanol–water partition coefficient (Wildman–Crippen LogP) is 4.23. The van der Waals surface area contributed by atoms with Crippen LogP contribution >= 0.6 is 0 Å². The number of nitrogens with zero attached hydrogens (tertiary/aromatic N) is 4. The van der Waals surface area contributed by atoms with Crippen molar-refractivity contribution in [3.05, 3.63) is 84.6 Å². The minimum absolute atomic E-state index is 0.248. The molecule has 0 fully saturated rings. The molecule has 0 unspecified atom stereocenters. The van der Waals surface area contributed by atoms with E-state index in [1.165, 1.54) is 0 Å². The van der Waals surface area contributed by atoms with Crippen molar-refractivity contribution >= 4 is 17.5 Å². The second-order valence-corrected chi connectivity index (χ2v) is 5.63. The Morgan fingerprint density at radius 3 is 2.59 bits per heavy atom. The lowest BCUT2D eigenvalue weighted by atomic mass is 10.2. The van der Waals surface area contributed by atoms with Crippen LogP contribution in [0.4, 0.5) is 17.5 Å². The first-order valence-corrected chi connectivity index (χ1v) is 8.90. The van der Waals surface area contributed by atoms with Gasteiger partial charge in [0.15, 0.2) is 0 Å². The standard InChI is InChI=1S/C19H20N6.C2H6/c1-14-7-11-25(17-5-8-21-9-6-17)10-3-4-16(12-14)23-18-13-15(2)22-19(20)24-18;1-2/h3-9,11-13H,1,10H2,2H3,(H3,20,22,23,24);1-2H3/b4-3-,11-7-,16-12+;. The van der Waals surface area contributed by atoms with E-state index in [1.807, 2.05) is 63.4 Å². The lowest BCUT2D eigenvalue weighted by molar-refractivity contribution is 1.08. The number of hydrogen-bond donors (Lipinski definition) is 2. The predicted molar refractivity (Wildman–Crippen MR) is 113 cm³/mol. The largest absolute Gasteiger partial charge is 0.368 e. The Kier molecular flexibility index (Phi) is 7.31. The number of pyridine rings is 1. The van der Waals surface area contributed by atoms with Crippen LogP contribution in [-0.4, -0.2) is 21.5 Å². The number of nitrogen functional groups attached to an aromatic ring is 1. The Bertz CT molecular complexity index is 832. The van der Waals surface area contributed by atoms with Gasteiger partial charge in [-0.2, -0.15) is 4.98 Å². The van der Waals surface area contributed by atoms with Crippen LogP contribution in [0, 0.1) is 6.92 Å². The highest BCUT2D eigenvalue weighted by atomic mass is 15.1. The normalized spacial score (nSPS) is 18.0. The SMILES string of the molecule is C=C1/C=C\N(c2ccncc2)C/C=C\C(Nc2cc(C)nc(N)n2)=C/1.CC. The zero-order chi connectivity index (χ0) is 19.6. The zero-order valence-corrected chi connectivity index (χ0v) is 16.1. The van der Waals surface area contributed by atoms with Gasteiger partial charge in [0.25, 0.3) is 0 Å². The van der Waals surface area contributed by atoms with E-state index in [-0.39, 0.29) is 5.95 Å². The molecule has 0 aliphatic carbocycles. The molecule has 0 radical (unpaired) electrons. The van der Waals surface area contributed by atoms with Gasteiger partial charge in [0, 0.05) is 48.3 Å². The second-order valence-electron chi connectivity index (χ2n) is 5.63. The summed E-state index contributed by atoms with van der Waals surface area (Å²) in [5.74, 6) is 0.903. The molecule has 0 amide bonds. The lowest BCUT2D eigenvalue weighted by Gasteiger charge is -2.18. The molecule has 0 saturated carbocycles. The van der Waals surface area contributed by atoms with E-state index in [4.69, 9.17) is 5.73 Å². The summed E-state index contributed by atoms with van der Waals surface area (Å²) < 4.78 is 0. The van der Waals surface area contributed by atoms with Crippen LogP contribution in [0.25, 0.3) is 0 Å². The van der Waals surface area contributed by atoms with Crippen molar-refractivity contribution in [1.82, 2.24) is 15.0 Å². The van der Waals surface area contributed by atoms with Gasteiger partial charge in [-0.3, -0.25) is 4.98 Å². The molecule has 140 valence electrons. The van der Waals surface area contributed by atoms with Gasteiger partial charge < -0.3 is 16.0 Å². The third-order valence-corrected chi connectivity index (χ3v) is 3.55. The first-order chi connectivity index (χ1) is 13.1. The van der Waals surface area contributed by atoms with Crippen molar-refractivity contribution in [3.8, 4) is 0 Å². The Morgan fingerprint density at radius 2 is 1.89 bits per heavy atom. The van der Waals surface area contributed by atoms with Gasteiger partial charge in [0.1, 0.15) is 5.82 Å². The van der Waals surface area contributed by atoms with Gasteiger partial charge >= 0.3 is 0 Å². The highest BCUT2D eigenvalue weighted by molar-refractivity contribution is 5.54. The average Bonchev–Trinajstić information content (AvgIpc) is 2.74. The number of anilines is 3. The van der Waals surface area contributed by atoms with Crippen molar-refractivity contribution in [2.45, 2.75) is 20.8 Å². The van der Waals surface area contributed by atoms with E-state index < -0.39 is 0 Å². The first-order valence-electron chi connectivity index (χ1n) is 8.90. The number of allylic oxidation sites excluding steroid dienone is 4. The summed E-state index contributed by atoms with van der Waals surface area (Å²) >= 11 is 0. The third kappa shape index (κ3) is 6.11. The molecule has 6 nitrogen and oxygen atoms in total. The van der Waals surface area contributed by atoms with E-state index in [0.29, 0.717) is 5.82 Å². The summed E-state index contributed by atoms with van der Waals surface area (Å²) in [6.45, 7) is 10.7. The quantitative estimate of drug-likeness (QED) is 0.850. The summed E-state index contributed by atoms with van der Waals surface area (Å²) in [6, 6.07) is 5.79. The fourth-order valence-corrected chi connectivity index (χ4v) is 2.44. The number of nitrogens with two attached hydrogens (primary N) is 1. The van der Waals surface area contributed by atoms with Crippen molar-refractivity contribution in [2.24, 2.45) is 0 Å². The van der Waals surface area contributed by atoms with Crippen LogP contribution in [0.3, 0.4) is 0 Å². The van der Waals surface area contributed by atoms with E-state index in [9.17, 15) is 0 Å². The molecule has 3 N–H and O–H groups in total. The third-order valence-electron chi connectivity index (χ3n) is 3.55. The average molecular weight is 362 g/mol. The topological polar surface area (TPSA) is 80.0 Å². The van der Waals surface area contributed by atoms with Gasteiger partial charge in [-0.15, -0.1) is 0 Å². The molecule has 1 aliphatic rings. The van der Waals surface area contributed by atoms with E-state index >= 15 is 0 Å². The zero-order valence-electron chi connectivity index (χ0n) is 16.1. The van der Waals surface area contributed by atoms with Crippen molar-refractivity contribution in [2.75, 3.05) is 22.5 Å². The summed E-state index contributed by atoms with van der Waals surface area (Å²) in [4.78, 5) is 14.5. The van der Waals surface area contributed by atoms with Crippen LogP contribution < -0.4 is 16.0 Å². The van der Waals surface area contributed by atoms with Gasteiger partial charge in [-0.1, -0.05) is 26.5 Å². The van der Waals surface area contributed by atoms with Crippen molar-refractivity contribution in [3.63, 3.8) is 0 Å². The minimum atomic E-state index is 0.248. The number of nitrogens with one attached hydrogen (secondary N) is 1. The molecule has 0 spiro atoms. The maximum atomic E-state index is 5.72. The molecule has 27 heavy (non-hydrogen) atoms. The van der Waals surface area contributed by atoms with E-state index in [1.54, 1.807) is 12.4 Å². The second kappa shape index (κ2) is 9.91. The molecule has 6 heteroatoms. The Hall–Kier alpha value is -3.41. The van der Waals surface area contributed by atoms with Crippen LogP contribution in [0.5, 0.6) is 0 Å². The molecule has 0 atom stereocenters. The Labute approximate surface area is 160 Å².